The first-order valence-corrected chi connectivity index (χ1v) is 15.9. The number of methoxy groups -OCH3 is 1. The molecule has 2 aliphatic carbocycles. The van der Waals surface area contributed by atoms with Crippen LogP contribution in [0.2, 0.25) is 0 Å². The van der Waals surface area contributed by atoms with Gasteiger partial charge in [-0.15, -0.1) is 12.4 Å². The lowest BCUT2D eigenvalue weighted by Crippen LogP contribution is -2.54. The van der Waals surface area contributed by atoms with Crippen molar-refractivity contribution in [2.24, 2.45) is 5.10 Å². The van der Waals surface area contributed by atoms with E-state index >= 15 is 0 Å². The topological polar surface area (TPSA) is 187 Å². The molecule has 6 atom stereocenters. The average molecular weight is 710 g/mol. The number of carbonyl (C=O) groups is 3. The van der Waals surface area contributed by atoms with Crippen LogP contribution in [0, 0.1) is 0 Å². The first kappa shape index (κ1) is 36.9. The molecule has 50 heavy (non-hydrogen) atoms. The number of ether oxygens (including phenoxy) is 3. The summed E-state index contributed by atoms with van der Waals surface area (Å²) >= 11 is 0. The minimum absolute atomic E-state index is 0. The number of rotatable bonds is 7. The zero-order valence-corrected chi connectivity index (χ0v) is 29.0. The molecule has 3 aromatic carbocycles. The molecule has 0 saturated carbocycles. The lowest BCUT2D eigenvalue weighted by molar-refractivity contribution is -0.255. The van der Waals surface area contributed by atoms with Crippen molar-refractivity contribution in [1.29, 1.82) is 0 Å². The predicted octanol–water partition coefficient (Wildman–Crippen LogP) is 3.27. The lowest BCUT2D eigenvalue weighted by Gasteiger charge is -2.44. The SMILES string of the molecule is COc1cccc2c1C(=O)c1c(O)c3c(c(O)c1C2=O)C[C@@](O)(/C(C)=N/NC(=O)c1ccccc1)C[C@@H]3OC1CC(N(C)C)C(O)C(C)O1.Cl. The van der Waals surface area contributed by atoms with E-state index in [1.54, 1.807) is 43.3 Å². The second-order valence-corrected chi connectivity index (χ2v) is 12.9. The molecule has 0 aromatic heterocycles. The summed E-state index contributed by atoms with van der Waals surface area (Å²) in [5.74, 6) is -3.00. The summed E-state index contributed by atoms with van der Waals surface area (Å²) in [4.78, 5) is 42.4. The number of hydrazone groups is 1. The number of phenols is 2. The highest BCUT2D eigenvalue weighted by Gasteiger charge is 2.49. The number of aromatic hydroxyl groups is 2. The van der Waals surface area contributed by atoms with E-state index in [2.05, 4.69) is 10.5 Å². The average Bonchev–Trinajstić information content (AvgIpc) is 3.08. The highest BCUT2D eigenvalue weighted by atomic mass is 35.5. The molecule has 1 fully saturated rings. The number of nitrogens with one attached hydrogen (secondary N) is 1. The molecule has 266 valence electrons. The summed E-state index contributed by atoms with van der Waals surface area (Å²) in [6.45, 7) is 3.19. The Morgan fingerprint density at radius 2 is 1.70 bits per heavy atom. The number of fused-ring (bicyclic) bond motifs is 3. The summed E-state index contributed by atoms with van der Waals surface area (Å²) in [5, 5.41) is 50.7. The highest BCUT2D eigenvalue weighted by Crippen LogP contribution is 2.52. The number of hydrogen-bond donors (Lipinski definition) is 5. The van der Waals surface area contributed by atoms with Crippen molar-refractivity contribution in [1.82, 2.24) is 10.3 Å². The Hall–Kier alpha value is -4.37. The number of benzene rings is 3. The van der Waals surface area contributed by atoms with Crippen molar-refractivity contribution in [2.75, 3.05) is 21.2 Å². The largest absolute Gasteiger partial charge is 0.507 e. The van der Waals surface area contributed by atoms with Crippen LogP contribution in [0.4, 0.5) is 0 Å². The zero-order chi connectivity index (χ0) is 35.4. The van der Waals surface area contributed by atoms with E-state index in [-0.39, 0.29) is 71.4 Å². The number of halogens is 1. The van der Waals surface area contributed by atoms with Crippen LogP contribution in [0.15, 0.2) is 53.6 Å². The summed E-state index contributed by atoms with van der Waals surface area (Å²) in [5.41, 5.74) is 0.0860. The maximum absolute atomic E-state index is 14.0. The first-order chi connectivity index (χ1) is 23.3. The molecule has 3 aromatic rings. The number of ketones is 2. The predicted molar refractivity (Wildman–Crippen MR) is 183 cm³/mol. The van der Waals surface area contributed by atoms with Gasteiger partial charge in [-0.2, -0.15) is 5.10 Å². The van der Waals surface area contributed by atoms with Crippen LogP contribution in [-0.4, -0.2) is 99.9 Å². The highest BCUT2D eigenvalue weighted by molar-refractivity contribution is 6.31. The molecule has 1 saturated heterocycles. The van der Waals surface area contributed by atoms with Crippen LogP contribution in [0.5, 0.6) is 17.2 Å². The summed E-state index contributed by atoms with van der Waals surface area (Å²) in [6, 6.07) is 12.5. The van der Waals surface area contributed by atoms with Gasteiger partial charge in [0.2, 0.25) is 5.78 Å². The molecule has 0 bridgehead atoms. The smallest absolute Gasteiger partial charge is 0.271 e. The number of amides is 1. The summed E-state index contributed by atoms with van der Waals surface area (Å²) in [7, 11) is 4.98. The maximum atomic E-state index is 14.0. The molecule has 1 heterocycles. The van der Waals surface area contributed by atoms with Gasteiger partial charge in [0, 0.05) is 47.6 Å². The van der Waals surface area contributed by atoms with Crippen molar-refractivity contribution in [2.45, 2.75) is 69.4 Å². The Morgan fingerprint density at radius 3 is 2.36 bits per heavy atom. The van der Waals surface area contributed by atoms with Gasteiger partial charge in [-0.1, -0.05) is 30.3 Å². The normalized spacial score (nSPS) is 26.0. The number of hydrogen-bond acceptors (Lipinski definition) is 12. The van der Waals surface area contributed by atoms with Gasteiger partial charge in [0.1, 0.15) is 22.8 Å². The number of aliphatic hydroxyl groups excluding tert-OH is 1. The third kappa shape index (κ3) is 6.25. The Balaban J connectivity index is 0.00000486. The Kier molecular flexibility index (Phi) is 10.4. The number of carbonyl (C=O) groups excluding carboxylic acids is 3. The van der Waals surface area contributed by atoms with Gasteiger partial charge in [0.25, 0.3) is 5.91 Å². The van der Waals surface area contributed by atoms with E-state index in [1.165, 1.54) is 26.2 Å². The van der Waals surface area contributed by atoms with Gasteiger partial charge in [-0.05, 0) is 46.1 Å². The van der Waals surface area contributed by atoms with Gasteiger partial charge in [-0.3, -0.25) is 14.4 Å². The number of aliphatic hydroxyl groups is 2. The molecule has 14 heteroatoms. The fourth-order valence-electron chi connectivity index (χ4n) is 7.02. The monoisotopic (exact) mass is 709 g/mol. The van der Waals surface area contributed by atoms with E-state index in [4.69, 9.17) is 14.2 Å². The second kappa shape index (κ2) is 14.1. The van der Waals surface area contributed by atoms with E-state index in [9.17, 15) is 34.8 Å². The van der Waals surface area contributed by atoms with Gasteiger partial charge < -0.3 is 39.5 Å². The van der Waals surface area contributed by atoms with Gasteiger partial charge >= 0.3 is 0 Å². The molecule has 1 amide bonds. The standard InChI is InChI=1S/C36H39N3O10.ClH/c1-17-30(40)22(39(3)4)14-25(48-17)49-24-16-36(46,18(2)37-38-35(45)19-10-7-6-8-11-19)15-21-27(24)34(44)29-28(32(21)42)31(41)20-12-9-13-23(47-5)26(20)33(29)43;/h6-13,17,22,24-25,30,40,42,44,46H,14-16H2,1-5H3,(H,38,45);1H/b37-18+;/t17?,22?,24-,25?,30?,36-;/m0./s1. The molecule has 4 unspecified atom stereocenters. The van der Waals surface area contributed by atoms with Crippen LogP contribution in [-0.2, 0) is 15.9 Å². The Morgan fingerprint density at radius 1 is 1.02 bits per heavy atom. The van der Waals surface area contributed by atoms with Gasteiger partial charge in [-0.25, -0.2) is 5.43 Å². The van der Waals surface area contributed by atoms with Gasteiger partial charge in [0.15, 0.2) is 12.1 Å². The fourth-order valence-corrected chi connectivity index (χ4v) is 7.02. The van der Waals surface area contributed by atoms with Crippen molar-refractivity contribution in [3.63, 3.8) is 0 Å². The first-order valence-electron chi connectivity index (χ1n) is 15.9. The lowest BCUT2D eigenvalue weighted by atomic mass is 9.71. The summed E-state index contributed by atoms with van der Waals surface area (Å²) < 4.78 is 17.8. The molecular formula is C36H40ClN3O10. The van der Waals surface area contributed by atoms with Crippen LogP contribution >= 0.6 is 12.4 Å². The van der Waals surface area contributed by atoms with E-state index < -0.39 is 70.3 Å². The van der Waals surface area contributed by atoms with Crippen molar-refractivity contribution < 1.29 is 49.0 Å². The maximum Gasteiger partial charge on any atom is 0.271 e. The van der Waals surface area contributed by atoms with Crippen LogP contribution < -0.4 is 10.2 Å². The zero-order valence-electron chi connectivity index (χ0n) is 28.2. The van der Waals surface area contributed by atoms with Crippen LogP contribution in [0.1, 0.15) is 86.1 Å². The number of nitrogens with zero attached hydrogens (tertiary/aromatic N) is 2. The Bertz CT molecular complexity index is 1870. The van der Waals surface area contributed by atoms with E-state index in [0.29, 0.717) is 5.56 Å². The molecule has 6 rings (SSSR count). The molecule has 13 nitrogen and oxygen atoms in total. The van der Waals surface area contributed by atoms with Crippen LogP contribution in [0.3, 0.4) is 0 Å². The molecule has 5 N–H and O–H groups in total. The molecular weight excluding hydrogens is 670 g/mol. The molecule has 0 spiro atoms. The fraction of sp³-hybridized carbons (Fsp3) is 0.389. The van der Waals surface area contributed by atoms with Gasteiger partial charge in [0.05, 0.1) is 47.8 Å². The van der Waals surface area contributed by atoms with E-state index in [0.717, 1.165) is 0 Å². The molecule has 3 aliphatic rings. The third-order valence-electron chi connectivity index (χ3n) is 9.77. The van der Waals surface area contributed by atoms with Crippen LogP contribution in [0.25, 0.3) is 0 Å². The minimum atomic E-state index is -1.87. The summed E-state index contributed by atoms with van der Waals surface area (Å²) in [6.07, 6.45) is -4.00. The quantitative estimate of drug-likeness (QED) is 0.108. The van der Waals surface area contributed by atoms with E-state index in [1.807, 2.05) is 19.0 Å². The molecule has 1 aliphatic heterocycles. The minimum Gasteiger partial charge on any atom is -0.507 e. The van der Waals surface area contributed by atoms with Crippen molar-refractivity contribution in [3.05, 3.63) is 87.5 Å². The second-order valence-electron chi connectivity index (χ2n) is 12.9. The number of likely N-dealkylation sites (N-methyl/N-ethyl adjacent to an activating group) is 1. The molecule has 0 radical (unpaired) electrons. The van der Waals surface area contributed by atoms with Crippen molar-refractivity contribution >= 4 is 35.6 Å². The third-order valence-corrected chi connectivity index (χ3v) is 9.77. The Labute approximate surface area is 294 Å². The number of phenolic OH excluding ortho intramolecular Hbond substituents is 2. The van der Waals surface area contributed by atoms with Crippen molar-refractivity contribution in [3.8, 4) is 17.2 Å².